The van der Waals surface area contributed by atoms with Gasteiger partial charge in [-0.05, 0) is 36.4 Å². The zero-order valence-corrected chi connectivity index (χ0v) is 14.8. The second kappa shape index (κ2) is 7.84. The molecule has 0 aliphatic carbocycles. The van der Waals surface area contributed by atoms with E-state index < -0.39 is 0 Å². The van der Waals surface area contributed by atoms with Crippen LogP contribution >= 0.6 is 11.6 Å². The number of rotatable bonds is 5. The average Bonchev–Trinajstić information content (AvgIpc) is 3.12. The third kappa shape index (κ3) is 4.29. The van der Waals surface area contributed by atoms with Crippen LogP contribution in [0.15, 0.2) is 60.9 Å². The highest BCUT2D eigenvalue weighted by atomic mass is 35.5. The largest absolute Gasteiger partial charge is 0.326 e. The van der Waals surface area contributed by atoms with E-state index in [2.05, 4.69) is 15.7 Å². The van der Waals surface area contributed by atoms with Crippen molar-refractivity contribution in [3.8, 4) is 5.69 Å². The van der Waals surface area contributed by atoms with Gasteiger partial charge in [0, 0.05) is 29.0 Å². The van der Waals surface area contributed by atoms with E-state index in [-0.39, 0.29) is 11.8 Å². The van der Waals surface area contributed by atoms with E-state index >= 15 is 0 Å². The Hall–Kier alpha value is -3.12. The number of amides is 2. The van der Waals surface area contributed by atoms with Gasteiger partial charge in [0.25, 0.3) is 5.91 Å². The lowest BCUT2D eigenvalue weighted by Gasteiger charge is -2.07. The first-order valence-electron chi connectivity index (χ1n) is 8.07. The summed E-state index contributed by atoms with van der Waals surface area (Å²) in [5, 5.41) is 10.3. The van der Waals surface area contributed by atoms with Crippen molar-refractivity contribution in [2.45, 2.75) is 13.3 Å². The van der Waals surface area contributed by atoms with Crippen molar-refractivity contribution in [2.75, 3.05) is 10.6 Å². The lowest BCUT2D eigenvalue weighted by molar-refractivity contribution is -0.115. The van der Waals surface area contributed by atoms with Gasteiger partial charge in [-0.1, -0.05) is 30.7 Å². The molecule has 0 aliphatic rings. The Morgan fingerprint density at radius 3 is 2.54 bits per heavy atom. The van der Waals surface area contributed by atoms with Gasteiger partial charge >= 0.3 is 0 Å². The number of hydrogen-bond acceptors (Lipinski definition) is 3. The molecule has 0 aliphatic heterocycles. The number of benzene rings is 2. The highest BCUT2D eigenvalue weighted by Gasteiger charge is 2.11. The molecule has 1 aromatic heterocycles. The maximum atomic E-state index is 12.4. The van der Waals surface area contributed by atoms with E-state index in [9.17, 15) is 9.59 Å². The van der Waals surface area contributed by atoms with Gasteiger partial charge in [0.05, 0.1) is 17.4 Å². The number of carbonyl (C=O) groups is 2. The molecule has 7 heteroatoms. The highest BCUT2D eigenvalue weighted by molar-refractivity contribution is 6.30. The minimum atomic E-state index is -0.294. The molecule has 0 bridgehead atoms. The van der Waals surface area contributed by atoms with E-state index in [1.807, 2.05) is 12.1 Å². The Morgan fingerprint density at radius 2 is 1.81 bits per heavy atom. The Labute approximate surface area is 155 Å². The van der Waals surface area contributed by atoms with Crippen LogP contribution in [0.1, 0.15) is 23.7 Å². The van der Waals surface area contributed by atoms with Crippen LogP contribution in [0, 0.1) is 0 Å². The summed E-state index contributed by atoms with van der Waals surface area (Å²) in [6.07, 6.45) is 3.50. The molecular formula is C19H17ClN4O2. The number of aromatic nitrogens is 2. The molecule has 0 atom stereocenters. The molecule has 0 radical (unpaired) electrons. The smallest absolute Gasteiger partial charge is 0.258 e. The van der Waals surface area contributed by atoms with Crippen molar-refractivity contribution in [2.24, 2.45) is 0 Å². The fraction of sp³-hybridized carbons (Fsp3) is 0.105. The topological polar surface area (TPSA) is 76.0 Å². The zero-order chi connectivity index (χ0) is 18.5. The maximum absolute atomic E-state index is 12.4. The van der Waals surface area contributed by atoms with Crippen LogP contribution in [0.25, 0.3) is 5.69 Å². The lowest BCUT2D eigenvalue weighted by atomic mass is 10.2. The lowest BCUT2D eigenvalue weighted by Crippen LogP contribution is -2.12. The molecule has 1 heterocycles. The fourth-order valence-corrected chi connectivity index (χ4v) is 2.51. The molecule has 0 saturated carbocycles. The molecule has 3 aromatic rings. The molecule has 3 rings (SSSR count). The van der Waals surface area contributed by atoms with Crippen LogP contribution in [0.5, 0.6) is 0 Å². The van der Waals surface area contributed by atoms with Gasteiger partial charge in [-0.25, -0.2) is 4.68 Å². The highest BCUT2D eigenvalue weighted by Crippen LogP contribution is 2.18. The summed E-state index contributed by atoms with van der Waals surface area (Å²) >= 11 is 5.98. The van der Waals surface area contributed by atoms with Crippen molar-refractivity contribution in [3.05, 3.63) is 71.5 Å². The minimum Gasteiger partial charge on any atom is -0.326 e. The van der Waals surface area contributed by atoms with Crippen LogP contribution in [0.3, 0.4) is 0 Å². The van der Waals surface area contributed by atoms with Crippen LogP contribution < -0.4 is 10.6 Å². The summed E-state index contributed by atoms with van der Waals surface area (Å²) < 4.78 is 1.58. The molecule has 2 amide bonds. The molecule has 26 heavy (non-hydrogen) atoms. The third-order valence-electron chi connectivity index (χ3n) is 3.64. The molecule has 132 valence electrons. The van der Waals surface area contributed by atoms with Gasteiger partial charge in [0.2, 0.25) is 5.91 Å². The predicted molar refractivity (Wildman–Crippen MR) is 102 cm³/mol. The third-order valence-corrected chi connectivity index (χ3v) is 3.88. The number of anilines is 2. The average molecular weight is 369 g/mol. The van der Waals surface area contributed by atoms with Crippen molar-refractivity contribution in [3.63, 3.8) is 0 Å². The van der Waals surface area contributed by atoms with Crippen LogP contribution in [0.2, 0.25) is 5.02 Å². The Morgan fingerprint density at radius 1 is 1.08 bits per heavy atom. The standard InChI is InChI=1S/C19H17ClN4O2/c1-2-18(25)22-15-6-4-7-16(10-15)23-19(26)13-11-21-24(12-13)17-8-3-5-14(20)9-17/h3-12H,2H2,1H3,(H,22,25)(H,23,26). The van der Waals surface area contributed by atoms with Gasteiger partial charge in [0.1, 0.15) is 0 Å². The van der Waals surface area contributed by atoms with Crippen molar-refractivity contribution in [1.29, 1.82) is 0 Å². The van der Waals surface area contributed by atoms with E-state index in [0.29, 0.717) is 28.4 Å². The molecule has 0 unspecified atom stereocenters. The van der Waals surface area contributed by atoms with E-state index in [1.165, 1.54) is 6.20 Å². The summed E-state index contributed by atoms with van der Waals surface area (Å²) in [5.74, 6) is -0.381. The van der Waals surface area contributed by atoms with Gasteiger partial charge < -0.3 is 10.6 Å². The molecule has 0 saturated heterocycles. The molecule has 2 N–H and O–H groups in total. The molecule has 6 nitrogen and oxygen atoms in total. The first-order chi connectivity index (χ1) is 12.5. The molecule has 2 aromatic carbocycles. The number of halogens is 1. The van der Waals surface area contributed by atoms with Crippen molar-refractivity contribution >= 4 is 34.8 Å². The summed E-state index contributed by atoms with van der Waals surface area (Å²) in [6, 6.07) is 14.2. The van der Waals surface area contributed by atoms with Crippen LogP contribution in [-0.2, 0) is 4.79 Å². The van der Waals surface area contributed by atoms with Gasteiger partial charge in [-0.3, -0.25) is 9.59 Å². The first kappa shape index (κ1) is 17.7. The maximum Gasteiger partial charge on any atom is 0.258 e. The molecule has 0 spiro atoms. The predicted octanol–water partition coefficient (Wildman–Crippen LogP) is 4.13. The summed E-state index contributed by atoms with van der Waals surface area (Å²) in [4.78, 5) is 23.9. The Bertz CT molecular complexity index is 952. The monoisotopic (exact) mass is 368 g/mol. The Balaban J connectivity index is 1.73. The molecular weight excluding hydrogens is 352 g/mol. The van der Waals surface area contributed by atoms with E-state index in [4.69, 9.17) is 11.6 Å². The minimum absolute atomic E-state index is 0.0868. The van der Waals surface area contributed by atoms with E-state index in [0.717, 1.165) is 5.69 Å². The quantitative estimate of drug-likeness (QED) is 0.711. The Kier molecular flexibility index (Phi) is 5.34. The second-order valence-corrected chi connectivity index (χ2v) is 6.03. The van der Waals surface area contributed by atoms with Crippen LogP contribution in [-0.4, -0.2) is 21.6 Å². The number of hydrogen-bond donors (Lipinski definition) is 2. The number of nitrogens with zero attached hydrogens (tertiary/aromatic N) is 2. The van der Waals surface area contributed by atoms with E-state index in [1.54, 1.807) is 54.2 Å². The van der Waals surface area contributed by atoms with Crippen molar-refractivity contribution in [1.82, 2.24) is 9.78 Å². The summed E-state index contributed by atoms with van der Waals surface area (Å²) in [5.41, 5.74) is 2.39. The number of nitrogens with one attached hydrogen (secondary N) is 2. The summed E-state index contributed by atoms with van der Waals surface area (Å²) in [7, 11) is 0. The SMILES string of the molecule is CCC(=O)Nc1cccc(NC(=O)c2cnn(-c3cccc(Cl)c3)c2)c1. The normalized spacial score (nSPS) is 10.4. The van der Waals surface area contributed by atoms with Gasteiger partial charge in [-0.2, -0.15) is 5.10 Å². The van der Waals surface area contributed by atoms with Gasteiger partial charge in [-0.15, -0.1) is 0 Å². The van der Waals surface area contributed by atoms with Crippen molar-refractivity contribution < 1.29 is 9.59 Å². The zero-order valence-electron chi connectivity index (χ0n) is 14.1. The second-order valence-electron chi connectivity index (χ2n) is 5.59. The summed E-state index contributed by atoms with van der Waals surface area (Å²) in [6.45, 7) is 1.78. The van der Waals surface area contributed by atoms with Gasteiger partial charge in [0.15, 0.2) is 0 Å². The van der Waals surface area contributed by atoms with Crippen LogP contribution in [0.4, 0.5) is 11.4 Å². The first-order valence-corrected chi connectivity index (χ1v) is 8.45. The molecule has 0 fully saturated rings. The fourth-order valence-electron chi connectivity index (χ4n) is 2.33. The number of carbonyl (C=O) groups excluding carboxylic acids is 2.